The normalized spacial score (nSPS) is 16.7. The van der Waals surface area contributed by atoms with E-state index in [4.69, 9.17) is 0 Å². The van der Waals surface area contributed by atoms with Gasteiger partial charge in [-0.25, -0.2) is 4.68 Å². The molecule has 0 unspecified atom stereocenters. The third-order valence-electron chi connectivity index (χ3n) is 5.64. The molecule has 2 heterocycles. The van der Waals surface area contributed by atoms with Crippen molar-refractivity contribution in [3.05, 3.63) is 89.8 Å². The zero-order valence-electron chi connectivity index (χ0n) is 15.8. The highest BCUT2D eigenvalue weighted by atomic mass is 16.2. The van der Waals surface area contributed by atoms with Crippen LogP contribution < -0.4 is 0 Å². The van der Waals surface area contributed by atoms with Gasteiger partial charge in [-0.05, 0) is 42.5 Å². The molecule has 0 bridgehead atoms. The molecule has 1 saturated carbocycles. The first-order chi connectivity index (χ1) is 13.8. The van der Waals surface area contributed by atoms with Crippen LogP contribution in [0, 0.1) is 0 Å². The first-order valence-corrected chi connectivity index (χ1v) is 9.98. The highest BCUT2D eigenvalue weighted by Gasteiger charge is 2.34. The fraction of sp³-hybridized carbons (Fsp3) is 0.250. The minimum absolute atomic E-state index is 0.104. The van der Waals surface area contributed by atoms with Crippen LogP contribution in [0.5, 0.6) is 0 Å². The van der Waals surface area contributed by atoms with Crippen molar-refractivity contribution in [1.82, 2.24) is 14.7 Å². The number of nitrogens with zero attached hydrogens (tertiary/aromatic N) is 3. The maximum atomic E-state index is 13.3. The summed E-state index contributed by atoms with van der Waals surface area (Å²) in [6.45, 7) is 1.41. The Labute approximate surface area is 165 Å². The molecule has 1 amide bonds. The number of aromatic nitrogens is 2. The van der Waals surface area contributed by atoms with Crippen LogP contribution >= 0.6 is 0 Å². The number of hydrogen-bond acceptors (Lipinski definition) is 2. The number of carbonyl (C=O) groups excluding carboxylic acids is 1. The van der Waals surface area contributed by atoms with E-state index >= 15 is 0 Å². The van der Waals surface area contributed by atoms with Crippen LogP contribution in [0.3, 0.4) is 0 Å². The van der Waals surface area contributed by atoms with Crippen LogP contribution in [0.1, 0.15) is 46.8 Å². The molecule has 0 spiro atoms. The summed E-state index contributed by atoms with van der Waals surface area (Å²) in [5, 5.41) is 4.58. The average molecular weight is 369 g/mol. The molecule has 1 aromatic heterocycles. The summed E-state index contributed by atoms with van der Waals surface area (Å²) in [5.74, 6) is 0.550. The van der Waals surface area contributed by atoms with Crippen molar-refractivity contribution in [3.8, 4) is 5.69 Å². The topological polar surface area (TPSA) is 38.1 Å². The summed E-state index contributed by atoms with van der Waals surface area (Å²) in [4.78, 5) is 15.2. The maximum Gasteiger partial charge on any atom is 0.257 e. The Bertz CT molecular complexity index is 1020. The highest BCUT2D eigenvalue weighted by Crippen LogP contribution is 2.42. The molecule has 1 aliphatic carbocycles. The van der Waals surface area contributed by atoms with Gasteiger partial charge in [0, 0.05) is 19.0 Å². The molecule has 4 heteroatoms. The average Bonchev–Trinajstić information content (AvgIpc) is 3.52. The van der Waals surface area contributed by atoms with E-state index in [2.05, 4.69) is 35.4 Å². The standard InChI is InChI=1S/C24H23N3O/c28-24(26-15-13-19(14-16-26)18-7-3-1-4-8-18)22-17-25-27(23(22)20-11-12-20)21-9-5-2-6-10-21/h1-10,13,17,20H,11-12,14-16H2. The highest BCUT2D eigenvalue weighted by molar-refractivity contribution is 5.96. The van der Waals surface area contributed by atoms with Gasteiger partial charge in [0.15, 0.2) is 0 Å². The van der Waals surface area contributed by atoms with Gasteiger partial charge in [0.2, 0.25) is 0 Å². The van der Waals surface area contributed by atoms with E-state index in [1.807, 2.05) is 46.0 Å². The summed E-state index contributed by atoms with van der Waals surface area (Å²) in [6, 6.07) is 20.5. The van der Waals surface area contributed by atoms with Gasteiger partial charge in [0.05, 0.1) is 23.1 Å². The van der Waals surface area contributed by atoms with Crippen molar-refractivity contribution in [2.24, 2.45) is 0 Å². The molecule has 0 radical (unpaired) electrons. The van der Waals surface area contributed by atoms with Crippen molar-refractivity contribution in [2.75, 3.05) is 13.1 Å². The molecule has 2 aromatic carbocycles. The number of amides is 1. The minimum atomic E-state index is 0.104. The van der Waals surface area contributed by atoms with E-state index in [1.165, 1.54) is 11.1 Å². The van der Waals surface area contributed by atoms with Gasteiger partial charge in [0.25, 0.3) is 5.91 Å². The van der Waals surface area contributed by atoms with Crippen molar-refractivity contribution in [1.29, 1.82) is 0 Å². The molecule has 140 valence electrons. The summed E-state index contributed by atoms with van der Waals surface area (Å²) in [7, 11) is 0. The van der Waals surface area contributed by atoms with Crippen molar-refractivity contribution in [3.63, 3.8) is 0 Å². The molecule has 3 aromatic rings. The number of hydrogen-bond donors (Lipinski definition) is 0. The van der Waals surface area contributed by atoms with E-state index in [9.17, 15) is 4.79 Å². The van der Waals surface area contributed by atoms with Crippen LogP contribution in [0.4, 0.5) is 0 Å². The Morgan fingerprint density at radius 2 is 1.68 bits per heavy atom. The zero-order chi connectivity index (χ0) is 18.9. The Kier molecular flexibility index (Phi) is 4.32. The van der Waals surface area contributed by atoms with Gasteiger partial charge >= 0.3 is 0 Å². The number of rotatable bonds is 4. The van der Waals surface area contributed by atoms with Crippen molar-refractivity contribution in [2.45, 2.75) is 25.2 Å². The van der Waals surface area contributed by atoms with Gasteiger partial charge in [-0.1, -0.05) is 54.6 Å². The van der Waals surface area contributed by atoms with Crippen LogP contribution in [0.15, 0.2) is 72.9 Å². The number of benzene rings is 2. The second-order valence-electron chi connectivity index (χ2n) is 7.56. The third-order valence-corrected chi connectivity index (χ3v) is 5.64. The summed E-state index contributed by atoms with van der Waals surface area (Å²) >= 11 is 0. The Morgan fingerprint density at radius 1 is 0.964 bits per heavy atom. The molecule has 4 nitrogen and oxygen atoms in total. The monoisotopic (exact) mass is 369 g/mol. The van der Waals surface area contributed by atoms with E-state index in [0.29, 0.717) is 12.5 Å². The second kappa shape index (κ2) is 7.12. The summed E-state index contributed by atoms with van der Waals surface area (Å²) in [6.07, 6.45) is 7.11. The minimum Gasteiger partial charge on any atom is -0.334 e. The first-order valence-electron chi connectivity index (χ1n) is 9.98. The van der Waals surface area contributed by atoms with Gasteiger partial charge in [0.1, 0.15) is 0 Å². The zero-order valence-corrected chi connectivity index (χ0v) is 15.8. The smallest absolute Gasteiger partial charge is 0.257 e. The SMILES string of the molecule is O=C(c1cnn(-c2ccccc2)c1C1CC1)N1CC=C(c2ccccc2)CC1. The largest absolute Gasteiger partial charge is 0.334 e. The Balaban J connectivity index is 1.41. The lowest BCUT2D eigenvalue weighted by Gasteiger charge is -2.27. The first kappa shape index (κ1) is 17.0. The summed E-state index contributed by atoms with van der Waals surface area (Å²) < 4.78 is 1.96. The molecule has 0 atom stereocenters. The third kappa shape index (κ3) is 3.15. The summed E-state index contributed by atoms with van der Waals surface area (Å²) in [5.41, 5.74) is 5.45. The van der Waals surface area contributed by atoms with Gasteiger partial charge in [-0.15, -0.1) is 0 Å². The van der Waals surface area contributed by atoms with Crippen LogP contribution in [-0.4, -0.2) is 33.7 Å². The van der Waals surface area contributed by atoms with E-state index in [-0.39, 0.29) is 5.91 Å². The Morgan fingerprint density at radius 3 is 2.32 bits per heavy atom. The maximum absolute atomic E-state index is 13.3. The quantitative estimate of drug-likeness (QED) is 0.670. The van der Waals surface area contributed by atoms with Crippen molar-refractivity contribution >= 4 is 11.5 Å². The van der Waals surface area contributed by atoms with Crippen LogP contribution in [0.25, 0.3) is 11.3 Å². The van der Waals surface area contributed by atoms with Gasteiger partial charge < -0.3 is 4.90 Å². The van der Waals surface area contributed by atoms with Crippen LogP contribution in [0.2, 0.25) is 0 Å². The molecular formula is C24H23N3O. The molecule has 0 N–H and O–H groups in total. The van der Waals surface area contributed by atoms with Crippen molar-refractivity contribution < 1.29 is 4.79 Å². The van der Waals surface area contributed by atoms with Gasteiger partial charge in [-0.3, -0.25) is 4.79 Å². The van der Waals surface area contributed by atoms with E-state index in [0.717, 1.165) is 42.8 Å². The molecule has 28 heavy (non-hydrogen) atoms. The predicted octanol–water partition coefficient (Wildman–Crippen LogP) is 4.68. The fourth-order valence-electron chi connectivity index (χ4n) is 3.99. The lowest BCUT2D eigenvalue weighted by atomic mass is 9.99. The molecule has 2 aliphatic rings. The molecular weight excluding hydrogens is 346 g/mol. The van der Waals surface area contributed by atoms with E-state index in [1.54, 1.807) is 6.20 Å². The Hall–Kier alpha value is -3.14. The molecule has 5 rings (SSSR count). The number of carbonyl (C=O) groups is 1. The molecule has 0 saturated heterocycles. The molecule has 1 fully saturated rings. The fourth-order valence-corrected chi connectivity index (χ4v) is 3.99. The lowest BCUT2D eigenvalue weighted by Crippen LogP contribution is -2.35. The van der Waals surface area contributed by atoms with E-state index < -0.39 is 0 Å². The number of para-hydroxylation sites is 1. The van der Waals surface area contributed by atoms with Crippen LogP contribution in [-0.2, 0) is 0 Å². The predicted molar refractivity (Wildman–Crippen MR) is 110 cm³/mol. The molecule has 1 aliphatic heterocycles. The van der Waals surface area contributed by atoms with Gasteiger partial charge in [-0.2, -0.15) is 5.10 Å². The lowest BCUT2D eigenvalue weighted by molar-refractivity contribution is 0.0771. The second-order valence-corrected chi connectivity index (χ2v) is 7.56.